The van der Waals surface area contributed by atoms with Crippen LogP contribution >= 0.6 is 11.8 Å². The van der Waals surface area contributed by atoms with Gasteiger partial charge in [-0.05, 0) is 6.07 Å². The van der Waals surface area contributed by atoms with Crippen LogP contribution in [-0.4, -0.2) is 35.2 Å². The topological polar surface area (TPSA) is 52.1 Å². The Labute approximate surface area is 103 Å². The van der Waals surface area contributed by atoms with E-state index in [1.807, 2.05) is 24.3 Å². The molecule has 17 heavy (non-hydrogen) atoms. The molecule has 0 fully saturated rings. The van der Waals surface area contributed by atoms with Gasteiger partial charge in [0.25, 0.3) is 0 Å². The highest BCUT2D eigenvalue weighted by atomic mass is 32.2. The van der Waals surface area contributed by atoms with Gasteiger partial charge in [-0.15, -0.1) is 0 Å². The number of benzene rings is 1. The maximum absolute atomic E-state index is 11.4. The van der Waals surface area contributed by atoms with Gasteiger partial charge in [0.2, 0.25) is 0 Å². The van der Waals surface area contributed by atoms with Crippen LogP contribution in [0.5, 0.6) is 0 Å². The van der Waals surface area contributed by atoms with Crippen molar-refractivity contribution in [2.24, 2.45) is 0 Å². The number of ether oxygens (including phenoxy) is 1. The van der Waals surface area contributed by atoms with Crippen molar-refractivity contribution in [2.75, 3.05) is 19.5 Å². The van der Waals surface area contributed by atoms with Crippen molar-refractivity contribution in [3.8, 4) is 0 Å². The first kappa shape index (κ1) is 12.0. The van der Waals surface area contributed by atoms with Gasteiger partial charge in [0, 0.05) is 12.5 Å². The first-order valence-corrected chi connectivity index (χ1v) is 6.13. The molecule has 4 nitrogen and oxygen atoms in total. The van der Waals surface area contributed by atoms with Gasteiger partial charge >= 0.3 is 0 Å². The Morgan fingerprint density at radius 2 is 2.18 bits per heavy atom. The molecule has 0 saturated carbocycles. The Morgan fingerprint density at radius 3 is 3.00 bits per heavy atom. The standard InChI is InChI=1S/C12H12N2O2S/c1-16-6-9(15)7-17-12-10-4-2-3-5-11(10)13-8-14-12/h2-5,8H,6-7H2,1H3. The van der Waals surface area contributed by atoms with Crippen LogP contribution in [0.15, 0.2) is 35.6 Å². The summed E-state index contributed by atoms with van der Waals surface area (Å²) >= 11 is 1.42. The number of carbonyl (C=O) groups excluding carboxylic acids is 1. The predicted molar refractivity (Wildman–Crippen MR) is 67.1 cm³/mol. The van der Waals surface area contributed by atoms with E-state index in [2.05, 4.69) is 9.97 Å². The van der Waals surface area contributed by atoms with Crippen molar-refractivity contribution >= 4 is 28.4 Å². The monoisotopic (exact) mass is 248 g/mol. The molecule has 0 aliphatic rings. The number of para-hydroxylation sites is 1. The van der Waals surface area contributed by atoms with E-state index in [9.17, 15) is 4.79 Å². The van der Waals surface area contributed by atoms with Gasteiger partial charge in [-0.2, -0.15) is 0 Å². The number of Topliss-reactive ketones (excluding diaryl/α,β-unsaturated/α-hetero) is 1. The Bertz CT molecular complexity index is 525. The molecule has 0 aliphatic carbocycles. The Balaban J connectivity index is 2.16. The van der Waals surface area contributed by atoms with Crippen LogP contribution < -0.4 is 0 Å². The molecule has 88 valence electrons. The Hall–Kier alpha value is -1.46. The molecule has 0 radical (unpaired) electrons. The van der Waals surface area contributed by atoms with E-state index in [-0.39, 0.29) is 12.4 Å². The lowest BCUT2D eigenvalue weighted by atomic mass is 10.2. The Kier molecular flexibility index (Phi) is 4.06. The van der Waals surface area contributed by atoms with Crippen molar-refractivity contribution in [2.45, 2.75) is 5.03 Å². The molecule has 0 unspecified atom stereocenters. The predicted octanol–water partition coefficient (Wildman–Crippen LogP) is 1.94. The third-order valence-corrected chi connectivity index (χ3v) is 3.25. The maximum atomic E-state index is 11.4. The van der Waals surface area contributed by atoms with E-state index in [1.54, 1.807) is 0 Å². The molecule has 0 saturated heterocycles. The van der Waals surface area contributed by atoms with Crippen LogP contribution in [-0.2, 0) is 9.53 Å². The Morgan fingerprint density at radius 1 is 1.35 bits per heavy atom. The molecule has 2 rings (SSSR count). The number of carbonyl (C=O) groups is 1. The summed E-state index contributed by atoms with van der Waals surface area (Å²) in [6.07, 6.45) is 1.52. The van der Waals surface area contributed by atoms with Crippen molar-refractivity contribution in [1.82, 2.24) is 9.97 Å². The van der Waals surface area contributed by atoms with Gasteiger partial charge in [-0.25, -0.2) is 9.97 Å². The van der Waals surface area contributed by atoms with E-state index in [0.29, 0.717) is 5.75 Å². The number of thioether (sulfide) groups is 1. The number of ketones is 1. The summed E-state index contributed by atoms with van der Waals surface area (Å²) in [5.41, 5.74) is 0.893. The zero-order valence-corrected chi connectivity index (χ0v) is 10.2. The number of methoxy groups -OCH3 is 1. The van der Waals surface area contributed by atoms with Crippen LogP contribution in [0.4, 0.5) is 0 Å². The van der Waals surface area contributed by atoms with Gasteiger partial charge in [0.1, 0.15) is 18.0 Å². The van der Waals surface area contributed by atoms with E-state index < -0.39 is 0 Å². The molecule has 0 amide bonds. The van der Waals surface area contributed by atoms with Gasteiger partial charge in [-0.3, -0.25) is 4.79 Å². The summed E-state index contributed by atoms with van der Waals surface area (Å²) in [4.78, 5) is 19.7. The van der Waals surface area contributed by atoms with Crippen molar-refractivity contribution in [3.63, 3.8) is 0 Å². The summed E-state index contributed by atoms with van der Waals surface area (Å²) < 4.78 is 4.78. The minimum absolute atomic E-state index is 0.0557. The minimum atomic E-state index is 0.0557. The smallest absolute Gasteiger partial charge is 0.168 e. The molecule has 1 aromatic carbocycles. The molecule has 1 aromatic heterocycles. The molecular formula is C12H12N2O2S. The number of aromatic nitrogens is 2. The molecule has 0 bridgehead atoms. The molecule has 0 spiro atoms. The van der Waals surface area contributed by atoms with E-state index in [0.717, 1.165) is 15.9 Å². The second-order valence-electron chi connectivity index (χ2n) is 3.46. The molecule has 5 heteroatoms. The SMILES string of the molecule is COCC(=O)CSc1ncnc2ccccc12. The fourth-order valence-electron chi connectivity index (χ4n) is 1.45. The highest BCUT2D eigenvalue weighted by Gasteiger charge is 2.07. The number of hydrogen-bond donors (Lipinski definition) is 0. The van der Waals surface area contributed by atoms with Crippen molar-refractivity contribution in [1.29, 1.82) is 0 Å². The molecule has 1 heterocycles. The fraction of sp³-hybridized carbons (Fsp3) is 0.250. The molecular weight excluding hydrogens is 236 g/mol. The lowest BCUT2D eigenvalue weighted by Crippen LogP contribution is -2.09. The average Bonchev–Trinajstić information content (AvgIpc) is 2.36. The zero-order chi connectivity index (χ0) is 12.1. The van der Waals surface area contributed by atoms with Crippen LogP contribution in [0.1, 0.15) is 0 Å². The van der Waals surface area contributed by atoms with Gasteiger partial charge in [0.05, 0.1) is 11.3 Å². The summed E-state index contributed by atoms with van der Waals surface area (Å²) in [5.74, 6) is 0.426. The lowest BCUT2D eigenvalue weighted by molar-refractivity contribution is -0.120. The van der Waals surface area contributed by atoms with Gasteiger partial charge in [0.15, 0.2) is 5.78 Å². The zero-order valence-electron chi connectivity index (χ0n) is 9.42. The average molecular weight is 248 g/mol. The minimum Gasteiger partial charge on any atom is -0.377 e. The summed E-state index contributed by atoms with van der Waals surface area (Å²) in [6.45, 7) is 0.149. The number of fused-ring (bicyclic) bond motifs is 1. The number of hydrogen-bond acceptors (Lipinski definition) is 5. The third kappa shape index (κ3) is 3.01. The summed E-state index contributed by atoms with van der Waals surface area (Å²) in [6, 6.07) is 7.75. The first-order chi connectivity index (χ1) is 8.31. The quantitative estimate of drug-likeness (QED) is 0.598. The fourth-order valence-corrected chi connectivity index (χ4v) is 2.28. The largest absolute Gasteiger partial charge is 0.377 e. The highest BCUT2D eigenvalue weighted by molar-refractivity contribution is 8.00. The summed E-state index contributed by atoms with van der Waals surface area (Å²) in [5, 5.41) is 1.81. The highest BCUT2D eigenvalue weighted by Crippen LogP contribution is 2.23. The molecule has 0 aliphatic heterocycles. The van der Waals surface area contributed by atoms with Crippen molar-refractivity contribution in [3.05, 3.63) is 30.6 Å². The van der Waals surface area contributed by atoms with E-state index >= 15 is 0 Å². The van der Waals surface area contributed by atoms with Crippen LogP contribution in [0, 0.1) is 0 Å². The van der Waals surface area contributed by atoms with Crippen molar-refractivity contribution < 1.29 is 9.53 Å². The van der Waals surface area contributed by atoms with E-state index in [4.69, 9.17) is 4.74 Å². The third-order valence-electron chi connectivity index (χ3n) is 2.18. The van der Waals surface area contributed by atoms with Crippen LogP contribution in [0.2, 0.25) is 0 Å². The lowest BCUT2D eigenvalue weighted by Gasteiger charge is -2.03. The van der Waals surface area contributed by atoms with Gasteiger partial charge < -0.3 is 4.74 Å². The molecule has 0 N–H and O–H groups in total. The van der Waals surface area contributed by atoms with Gasteiger partial charge in [-0.1, -0.05) is 30.0 Å². The van der Waals surface area contributed by atoms with Crippen LogP contribution in [0.3, 0.4) is 0 Å². The number of rotatable bonds is 5. The number of nitrogens with zero attached hydrogens (tertiary/aromatic N) is 2. The second-order valence-corrected chi connectivity index (χ2v) is 4.42. The molecule has 0 atom stereocenters. The second kappa shape index (κ2) is 5.75. The first-order valence-electron chi connectivity index (χ1n) is 5.14. The van der Waals surface area contributed by atoms with E-state index in [1.165, 1.54) is 25.2 Å². The molecule has 2 aromatic rings. The normalized spacial score (nSPS) is 10.6. The maximum Gasteiger partial charge on any atom is 0.168 e. The van der Waals surface area contributed by atoms with Crippen LogP contribution in [0.25, 0.3) is 10.9 Å². The summed E-state index contributed by atoms with van der Waals surface area (Å²) in [7, 11) is 1.52.